The number of hydrogen-bond donors (Lipinski definition) is 1. The zero-order chi connectivity index (χ0) is 31.6. The maximum Gasteiger partial charge on any atom is 0.573 e. The SMILES string of the molecule is O=C(NCc1ccc(OC(F)F)cc1F)[C@H]1CN(c2nc3ncncc3s2)CCN1S(=O)(=O)c1ccc(OC(F)(F)F)cc1. The quantitative estimate of drug-likeness (QED) is 0.266. The molecule has 1 amide bonds. The van der Waals surface area contributed by atoms with E-state index < -0.39 is 63.7 Å². The van der Waals surface area contributed by atoms with Gasteiger partial charge < -0.3 is 19.7 Å². The predicted octanol–water partition coefficient (Wildman–Crippen LogP) is 3.92. The van der Waals surface area contributed by atoms with Gasteiger partial charge in [0, 0.05) is 44.0 Å². The molecule has 0 unspecified atom stereocenters. The fourth-order valence-electron chi connectivity index (χ4n) is 4.35. The number of benzene rings is 2. The van der Waals surface area contributed by atoms with Gasteiger partial charge >= 0.3 is 13.0 Å². The van der Waals surface area contributed by atoms with Crippen LogP contribution in [0.4, 0.5) is 31.5 Å². The number of carbonyl (C=O) groups excluding carboxylic acids is 1. The summed E-state index contributed by atoms with van der Waals surface area (Å²) >= 11 is 1.22. The van der Waals surface area contributed by atoms with Crippen LogP contribution in [0.15, 0.2) is 59.9 Å². The second kappa shape index (κ2) is 12.4. The average molecular weight is 663 g/mol. The summed E-state index contributed by atoms with van der Waals surface area (Å²) in [4.78, 5) is 27.2. The van der Waals surface area contributed by atoms with Crippen molar-refractivity contribution in [2.75, 3.05) is 24.5 Å². The van der Waals surface area contributed by atoms with Crippen molar-refractivity contribution in [1.82, 2.24) is 24.6 Å². The molecule has 11 nitrogen and oxygen atoms in total. The zero-order valence-corrected chi connectivity index (χ0v) is 23.7. The van der Waals surface area contributed by atoms with Crippen molar-refractivity contribution in [1.29, 1.82) is 0 Å². The molecule has 1 aliphatic rings. The molecule has 4 aromatic rings. The van der Waals surface area contributed by atoms with E-state index in [1.807, 2.05) is 0 Å². The number of thiazole rings is 1. The highest BCUT2D eigenvalue weighted by Crippen LogP contribution is 2.31. The molecular formula is C25H20F6N6O5S2. The Bertz CT molecular complexity index is 1720. The minimum Gasteiger partial charge on any atom is -0.435 e. The van der Waals surface area contributed by atoms with Crippen LogP contribution in [0, 0.1) is 5.82 Å². The Morgan fingerprint density at radius 3 is 2.50 bits per heavy atom. The number of nitrogens with one attached hydrogen (secondary N) is 1. The number of fused-ring (bicyclic) bond motifs is 1. The summed E-state index contributed by atoms with van der Waals surface area (Å²) in [7, 11) is -4.45. The summed E-state index contributed by atoms with van der Waals surface area (Å²) in [5.41, 5.74) is 0.305. The smallest absolute Gasteiger partial charge is 0.435 e. The number of nitrogens with zero attached hydrogens (tertiary/aromatic N) is 5. The molecule has 5 rings (SSSR count). The first kappa shape index (κ1) is 31.2. The van der Waals surface area contributed by atoms with Crippen molar-refractivity contribution in [3.8, 4) is 11.5 Å². The van der Waals surface area contributed by atoms with Gasteiger partial charge in [0.2, 0.25) is 15.9 Å². The van der Waals surface area contributed by atoms with Crippen molar-refractivity contribution in [3.05, 3.63) is 66.4 Å². The lowest BCUT2D eigenvalue weighted by Gasteiger charge is -2.39. The molecule has 1 aliphatic heterocycles. The van der Waals surface area contributed by atoms with E-state index in [0.717, 1.165) is 46.8 Å². The van der Waals surface area contributed by atoms with Gasteiger partial charge in [-0.05, 0) is 30.3 Å². The lowest BCUT2D eigenvalue weighted by atomic mass is 10.1. The van der Waals surface area contributed by atoms with Gasteiger partial charge in [0.1, 0.15) is 29.7 Å². The second-order valence-corrected chi connectivity index (χ2v) is 12.1. The Hall–Kier alpha value is -4.23. The number of ether oxygens (including phenoxy) is 2. The topological polar surface area (TPSA) is 127 Å². The minimum atomic E-state index is -4.98. The van der Waals surface area contributed by atoms with Gasteiger partial charge in [0.05, 0.1) is 9.60 Å². The Morgan fingerprint density at radius 2 is 1.84 bits per heavy atom. The summed E-state index contributed by atoms with van der Waals surface area (Å²) in [6.45, 7) is -3.93. The first-order valence-corrected chi connectivity index (χ1v) is 14.8. The van der Waals surface area contributed by atoms with E-state index >= 15 is 0 Å². The first-order valence-electron chi connectivity index (χ1n) is 12.5. The number of anilines is 1. The van der Waals surface area contributed by atoms with Crippen LogP contribution in [-0.4, -0.2) is 72.2 Å². The number of hydrogen-bond acceptors (Lipinski definition) is 10. The second-order valence-electron chi connectivity index (χ2n) is 9.15. The summed E-state index contributed by atoms with van der Waals surface area (Å²) in [6, 6.07) is 5.03. The molecule has 0 bridgehead atoms. The van der Waals surface area contributed by atoms with Gasteiger partial charge in [-0.25, -0.2) is 22.8 Å². The van der Waals surface area contributed by atoms with Crippen LogP contribution in [0.5, 0.6) is 11.5 Å². The largest absolute Gasteiger partial charge is 0.573 e. The number of alkyl halides is 5. The normalized spacial score (nSPS) is 16.3. The van der Waals surface area contributed by atoms with Gasteiger partial charge in [-0.15, -0.1) is 13.2 Å². The Labute approximate surface area is 249 Å². The summed E-state index contributed by atoms with van der Waals surface area (Å²) in [5, 5.41) is 2.91. The molecule has 0 aliphatic carbocycles. The molecule has 1 fully saturated rings. The van der Waals surface area contributed by atoms with Gasteiger partial charge in [-0.2, -0.15) is 18.1 Å². The van der Waals surface area contributed by atoms with Crippen molar-refractivity contribution >= 4 is 42.7 Å². The maximum absolute atomic E-state index is 14.5. The summed E-state index contributed by atoms with van der Waals surface area (Å²) < 4.78 is 114. The van der Waals surface area contributed by atoms with Crippen LogP contribution in [0.25, 0.3) is 10.3 Å². The molecule has 19 heteroatoms. The molecule has 0 spiro atoms. The molecule has 1 saturated heterocycles. The molecule has 1 N–H and O–H groups in total. The van der Waals surface area contributed by atoms with Crippen LogP contribution in [-0.2, 0) is 21.4 Å². The van der Waals surface area contributed by atoms with E-state index in [9.17, 15) is 39.6 Å². The average Bonchev–Trinajstić information content (AvgIpc) is 3.40. The number of carbonyl (C=O) groups is 1. The third kappa shape index (κ3) is 7.11. The molecule has 1 atom stereocenters. The number of piperazine rings is 1. The van der Waals surface area contributed by atoms with Crippen LogP contribution < -0.4 is 19.7 Å². The Morgan fingerprint density at radius 1 is 1.11 bits per heavy atom. The number of aromatic nitrogens is 3. The van der Waals surface area contributed by atoms with Crippen molar-refractivity contribution in [2.45, 2.75) is 30.5 Å². The predicted molar refractivity (Wildman–Crippen MR) is 143 cm³/mol. The standard InChI is InChI=1S/C25H20F6N6O5S2/c26-18-9-16(41-23(27)28)2-1-14(18)10-33-22(38)19-12-36(24-35-21-20(43-24)11-32-13-34-21)7-8-37(19)44(39,40)17-5-3-15(4-6-17)42-25(29,30)31/h1-6,9,11,13,19,23H,7-8,10,12H2,(H,33,38)/t19-/m1/s1. The Balaban J connectivity index is 1.40. The molecule has 2 aromatic carbocycles. The van der Waals surface area contributed by atoms with Crippen molar-refractivity contribution < 1.29 is 49.0 Å². The minimum absolute atomic E-state index is 0.0890. The van der Waals surface area contributed by atoms with E-state index in [0.29, 0.717) is 15.5 Å². The highest BCUT2D eigenvalue weighted by molar-refractivity contribution is 7.89. The Kier molecular flexibility index (Phi) is 8.80. The number of sulfonamides is 1. The van der Waals surface area contributed by atoms with Crippen molar-refractivity contribution in [3.63, 3.8) is 0 Å². The van der Waals surface area contributed by atoms with Crippen LogP contribution in [0.2, 0.25) is 0 Å². The molecule has 3 heterocycles. The van der Waals surface area contributed by atoms with E-state index in [4.69, 9.17) is 0 Å². The summed E-state index contributed by atoms with van der Waals surface area (Å²) in [6.07, 6.45) is -2.13. The highest BCUT2D eigenvalue weighted by atomic mass is 32.2. The summed E-state index contributed by atoms with van der Waals surface area (Å²) in [5.74, 6) is -2.85. The fourth-order valence-corrected chi connectivity index (χ4v) is 6.85. The van der Waals surface area contributed by atoms with Gasteiger partial charge in [0.25, 0.3) is 0 Å². The molecule has 2 aromatic heterocycles. The zero-order valence-electron chi connectivity index (χ0n) is 22.0. The van der Waals surface area contributed by atoms with Gasteiger partial charge in [0.15, 0.2) is 10.8 Å². The van der Waals surface area contributed by atoms with Crippen LogP contribution in [0.1, 0.15) is 5.56 Å². The molecule has 44 heavy (non-hydrogen) atoms. The molecule has 0 saturated carbocycles. The monoisotopic (exact) mass is 662 g/mol. The van der Waals surface area contributed by atoms with Crippen LogP contribution in [0.3, 0.4) is 0 Å². The number of rotatable bonds is 9. The van der Waals surface area contributed by atoms with Crippen molar-refractivity contribution in [2.24, 2.45) is 0 Å². The van der Waals surface area contributed by atoms with E-state index in [1.54, 1.807) is 11.1 Å². The lowest BCUT2D eigenvalue weighted by molar-refractivity contribution is -0.274. The lowest BCUT2D eigenvalue weighted by Crippen LogP contribution is -2.60. The fraction of sp³-hybridized carbons (Fsp3) is 0.280. The number of halogens is 6. The van der Waals surface area contributed by atoms with E-state index in [2.05, 4.69) is 29.7 Å². The first-order chi connectivity index (χ1) is 20.8. The maximum atomic E-state index is 14.5. The third-order valence-corrected chi connectivity index (χ3v) is 9.30. The van der Waals surface area contributed by atoms with E-state index in [-0.39, 0.29) is 25.2 Å². The number of amides is 1. The van der Waals surface area contributed by atoms with E-state index in [1.165, 1.54) is 17.7 Å². The van der Waals surface area contributed by atoms with Crippen LogP contribution >= 0.6 is 11.3 Å². The van der Waals surface area contributed by atoms with Gasteiger partial charge in [-0.1, -0.05) is 17.4 Å². The molecular weight excluding hydrogens is 642 g/mol. The molecule has 0 radical (unpaired) electrons. The third-order valence-electron chi connectivity index (χ3n) is 6.33. The highest BCUT2D eigenvalue weighted by Gasteiger charge is 2.41. The van der Waals surface area contributed by atoms with Gasteiger partial charge in [-0.3, -0.25) is 4.79 Å². The molecule has 234 valence electrons.